The van der Waals surface area contributed by atoms with Gasteiger partial charge in [0.15, 0.2) is 0 Å². The minimum atomic E-state index is -0.875. The molecule has 15 heavy (non-hydrogen) atoms. The summed E-state index contributed by atoms with van der Waals surface area (Å²) in [6, 6.07) is 0. The molecule has 0 heterocycles. The second-order valence-electron chi connectivity index (χ2n) is 3.81. The smallest absolute Gasteiger partial charge is 0.317 e. The van der Waals surface area contributed by atoms with Crippen molar-refractivity contribution in [1.82, 2.24) is 0 Å². The van der Waals surface area contributed by atoms with Crippen molar-refractivity contribution in [2.24, 2.45) is 11.8 Å². The fraction of sp³-hybridized carbons (Fsp3) is 0.727. The Labute approximate surface area is 89.0 Å². The number of Topliss-reactive ketones (excluding diaryl/α,β-unsaturated/α-hetero) is 2. The number of carbonyl (C=O) groups is 3. The third kappa shape index (κ3) is 2.64. The Morgan fingerprint density at radius 1 is 1.53 bits per heavy atom. The lowest BCUT2D eigenvalue weighted by molar-refractivity contribution is -0.155. The molecule has 0 bridgehead atoms. The average Bonchev–Trinajstić information content (AvgIpc) is 2.52. The summed E-state index contributed by atoms with van der Waals surface area (Å²) in [5.41, 5.74) is 0. The van der Waals surface area contributed by atoms with Gasteiger partial charge in [-0.25, -0.2) is 0 Å². The fourth-order valence-electron chi connectivity index (χ4n) is 2.04. The van der Waals surface area contributed by atoms with Crippen molar-refractivity contribution in [3.63, 3.8) is 0 Å². The van der Waals surface area contributed by atoms with Gasteiger partial charge in [0, 0.05) is 12.3 Å². The summed E-state index contributed by atoms with van der Waals surface area (Å²) in [5.74, 6) is -2.12. The van der Waals surface area contributed by atoms with Crippen LogP contribution in [0.2, 0.25) is 0 Å². The largest absolute Gasteiger partial charge is 0.465 e. The molecule has 0 aromatic heterocycles. The van der Waals surface area contributed by atoms with Gasteiger partial charge in [0.05, 0.1) is 6.61 Å². The monoisotopic (exact) mass is 212 g/mol. The SMILES string of the molecule is CCOC(=O)[C@@H](C(C)=O)[C@H]1CCCC1=O. The highest BCUT2D eigenvalue weighted by atomic mass is 16.5. The Hall–Kier alpha value is -1.19. The molecule has 0 saturated heterocycles. The van der Waals surface area contributed by atoms with E-state index in [0.29, 0.717) is 12.8 Å². The Bertz CT molecular complexity index is 282. The summed E-state index contributed by atoms with van der Waals surface area (Å²) in [5, 5.41) is 0. The summed E-state index contributed by atoms with van der Waals surface area (Å²) < 4.78 is 4.81. The standard InChI is InChI=1S/C11H16O4/c1-3-15-11(14)10(7(2)12)8-5-4-6-9(8)13/h8,10H,3-6H2,1-2H3/t8-,10-/m0/s1. The Morgan fingerprint density at radius 3 is 2.60 bits per heavy atom. The van der Waals surface area contributed by atoms with E-state index >= 15 is 0 Å². The van der Waals surface area contributed by atoms with Crippen LogP contribution < -0.4 is 0 Å². The maximum Gasteiger partial charge on any atom is 0.317 e. The molecular weight excluding hydrogens is 196 g/mol. The average molecular weight is 212 g/mol. The summed E-state index contributed by atoms with van der Waals surface area (Å²) in [6.07, 6.45) is 1.88. The first-order chi connectivity index (χ1) is 7.07. The molecule has 0 N–H and O–H groups in total. The molecular formula is C11H16O4. The first-order valence-corrected chi connectivity index (χ1v) is 5.27. The summed E-state index contributed by atoms with van der Waals surface area (Å²) in [4.78, 5) is 34.3. The molecule has 1 saturated carbocycles. The molecule has 0 spiro atoms. The Balaban J connectivity index is 2.77. The van der Waals surface area contributed by atoms with Gasteiger partial charge in [0.1, 0.15) is 17.5 Å². The van der Waals surface area contributed by atoms with Gasteiger partial charge in [-0.15, -0.1) is 0 Å². The highest BCUT2D eigenvalue weighted by molar-refractivity contribution is 6.03. The number of ether oxygens (including phenoxy) is 1. The van der Waals surface area contributed by atoms with Crippen LogP contribution in [0.5, 0.6) is 0 Å². The lowest BCUT2D eigenvalue weighted by atomic mass is 9.87. The van der Waals surface area contributed by atoms with Gasteiger partial charge in [-0.2, -0.15) is 0 Å². The molecule has 84 valence electrons. The van der Waals surface area contributed by atoms with Crippen molar-refractivity contribution in [3.05, 3.63) is 0 Å². The van der Waals surface area contributed by atoms with Crippen LogP contribution in [-0.2, 0) is 19.1 Å². The summed E-state index contributed by atoms with van der Waals surface area (Å²) >= 11 is 0. The zero-order valence-corrected chi connectivity index (χ0v) is 9.12. The fourth-order valence-corrected chi connectivity index (χ4v) is 2.04. The minimum Gasteiger partial charge on any atom is -0.465 e. The molecule has 2 atom stereocenters. The third-order valence-electron chi connectivity index (χ3n) is 2.73. The van der Waals surface area contributed by atoms with Gasteiger partial charge in [-0.05, 0) is 26.7 Å². The van der Waals surface area contributed by atoms with Crippen LogP contribution in [0.25, 0.3) is 0 Å². The number of rotatable bonds is 4. The van der Waals surface area contributed by atoms with Crippen LogP contribution in [0.4, 0.5) is 0 Å². The van der Waals surface area contributed by atoms with Gasteiger partial charge in [0.2, 0.25) is 0 Å². The van der Waals surface area contributed by atoms with E-state index in [2.05, 4.69) is 0 Å². The molecule has 1 aliphatic carbocycles. The van der Waals surface area contributed by atoms with E-state index in [1.165, 1.54) is 6.92 Å². The number of hydrogen-bond donors (Lipinski definition) is 0. The third-order valence-corrected chi connectivity index (χ3v) is 2.73. The van der Waals surface area contributed by atoms with Gasteiger partial charge >= 0.3 is 5.97 Å². The lowest BCUT2D eigenvalue weighted by Gasteiger charge is -2.17. The van der Waals surface area contributed by atoms with Gasteiger partial charge < -0.3 is 4.74 Å². The Morgan fingerprint density at radius 2 is 2.20 bits per heavy atom. The maximum absolute atomic E-state index is 11.5. The molecule has 4 heteroatoms. The first kappa shape index (κ1) is 11.9. The first-order valence-electron chi connectivity index (χ1n) is 5.27. The van der Waals surface area contributed by atoms with Gasteiger partial charge in [-0.1, -0.05) is 0 Å². The predicted molar refractivity (Wildman–Crippen MR) is 53.2 cm³/mol. The zero-order valence-electron chi connectivity index (χ0n) is 9.12. The van der Waals surface area contributed by atoms with Crippen molar-refractivity contribution in [3.8, 4) is 0 Å². The van der Waals surface area contributed by atoms with Crippen LogP contribution in [0.15, 0.2) is 0 Å². The molecule has 0 aromatic carbocycles. The summed E-state index contributed by atoms with van der Waals surface area (Å²) in [7, 11) is 0. The topological polar surface area (TPSA) is 60.4 Å². The van der Waals surface area contributed by atoms with E-state index in [-0.39, 0.29) is 18.2 Å². The molecule has 0 aliphatic heterocycles. The van der Waals surface area contributed by atoms with Crippen molar-refractivity contribution in [1.29, 1.82) is 0 Å². The zero-order chi connectivity index (χ0) is 11.4. The Kier molecular flexibility index (Phi) is 4.00. The second kappa shape index (κ2) is 5.05. The van der Waals surface area contributed by atoms with Crippen LogP contribution in [-0.4, -0.2) is 24.1 Å². The van der Waals surface area contributed by atoms with E-state index < -0.39 is 17.8 Å². The van der Waals surface area contributed by atoms with E-state index in [4.69, 9.17) is 4.74 Å². The number of ketones is 2. The quantitative estimate of drug-likeness (QED) is 0.517. The normalized spacial score (nSPS) is 22.5. The molecule has 4 nitrogen and oxygen atoms in total. The van der Waals surface area contributed by atoms with Gasteiger partial charge in [0.25, 0.3) is 0 Å². The van der Waals surface area contributed by atoms with Crippen LogP contribution in [0.1, 0.15) is 33.1 Å². The van der Waals surface area contributed by atoms with Crippen molar-refractivity contribution >= 4 is 17.5 Å². The van der Waals surface area contributed by atoms with Crippen LogP contribution in [0.3, 0.4) is 0 Å². The molecule has 1 rings (SSSR count). The molecule has 1 aliphatic rings. The highest BCUT2D eigenvalue weighted by Gasteiger charge is 2.40. The highest BCUT2D eigenvalue weighted by Crippen LogP contribution is 2.29. The van der Waals surface area contributed by atoms with Crippen molar-refractivity contribution < 1.29 is 19.1 Å². The number of esters is 1. The molecule has 1 fully saturated rings. The van der Waals surface area contributed by atoms with E-state index in [1.54, 1.807) is 6.92 Å². The van der Waals surface area contributed by atoms with Crippen LogP contribution in [0, 0.1) is 11.8 Å². The molecule has 0 unspecified atom stereocenters. The molecule has 0 aromatic rings. The molecule has 0 radical (unpaired) electrons. The van der Waals surface area contributed by atoms with Gasteiger partial charge in [-0.3, -0.25) is 14.4 Å². The van der Waals surface area contributed by atoms with Crippen LogP contribution >= 0.6 is 0 Å². The van der Waals surface area contributed by atoms with E-state index in [9.17, 15) is 14.4 Å². The predicted octanol–water partition coefficient (Wildman–Crippen LogP) is 1.12. The lowest BCUT2D eigenvalue weighted by Crippen LogP contribution is -2.33. The van der Waals surface area contributed by atoms with E-state index in [0.717, 1.165) is 6.42 Å². The van der Waals surface area contributed by atoms with Crippen molar-refractivity contribution in [2.75, 3.05) is 6.61 Å². The molecule has 0 amide bonds. The number of carbonyl (C=O) groups excluding carboxylic acids is 3. The minimum absolute atomic E-state index is 0.0169. The summed E-state index contributed by atoms with van der Waals surface area (Å²) in [6.45, 7) is 3.27. The van der Waals surface area contributed by atoms with Crippen molar-refractivity contribution in [2.45, 2.75) is 33.1 Å². The second-order valence-corrected chi connectivity index (χ2v) is 3.81. The van der Waals surface area contributed by atoms with E-state index in [1.807, 2.05) is 0 Å². The maximum atomic E-state index is 11.5. The number of hydrogen-bond acceptors (Lipinski definition) is 4.